The molecule has 2 aromatic rings. The van der Waals surface area contributed by atoms with Crippen LogP contribution in [0.25, 0.3) is 0 Å². The third-order valence-corrected chi connectivity index (χ3v) is 7.68. The van der Waals surface area contributed by atoms with E-state index in [-0.39, 0.29) is 18.5 Å². The lowest BCUT2D eigenvalue weighted by Crippen LogP contribution is -2.32. The monoisotopic (exact) mass is 429 g/mol. The van der Waals surface area contributed by atoms with Crippen molar-refractivity contribution in [1.29, 1.82) is 5.26 Å². The van der Waals surface area contributed by atoms with Crippen LogP contribution in [0.5, 0.6) is 0 Å². The van der Waals surface area contributed by atoms with Crippen LogP contribution in [0.3, 0.4) is 0 Å². The number of nitrogens with zero attached hydrogens (tertiary/aromatic N) is 2. The van der Waals surface area contributed by atoms with E-state index < -0.39 is 10.8 Å². The highest BCUT2D eigenvalue weighted by Crippen LogP contribution is 2.37. The topological polar surface area (TPSA) is 73.2 Å². The standard InChI is InChI=1S/C22H27N3O2S2/c1-15(16-9-11-17(12-10-16)29(3)27)25(2)14-21(26)24-22-19(13-23)18-7-5-4-6-8-20(18)28-22/h9-12,15H,4-8,14H2,1-3H3,(H,24,26)/t15-,29+/m0/s1. The summed E-state index contributed by atoms with van der Waals surface area (Å²) in [4.78, 5) is 16.7. The summed E-state index contributed by atoms with van der Waals surface area (Å²) in [5.41, 5.74) is 2.86. The van der Waals surface area contributed by atoms with Gasteiger partial charge in [0.05, 0.1) is 12.1 Å². The van der Waals surface area contributed by atoms with Crippen molar-refractivity contribution in [2.75, 3.05) is 25.2 Å². The van der Waals surface area contributed by atoms with Gasteiger partial charge in [0.15, 0.2) is 0 Å². The first-order valence-corrected chi connectivity index (χ1v) is 12.3. The third kappa shape index (κ3) is 5.13. The SMILES string of the molecule is C[C@@H](c1ccc([S@@](C)=O)cc1)N(C)CC(=O)Nc1sc2c(c1C#N)CCCCC2. The molecule has 1 heterocycles. The van der Waals surface area contributed by atoms with Crippen LogP contribution in [0, 0.1) is 11.3 Å². The van der Waals surface area contributed by atoms with E-state index in [1.807, 2.05) is 43.1 Å². The Balaban J connectivity index is 1.66. The molecule has 0 radical (unpaired) electrons. The zero-order chi connectivity index (χ0) is 21.0. The van der Waals surface area contributed by atoms with Gasteiger partial charge < -0.3 is 5.32 Å². The maximum Gasteiger partial charge on any atom is 0.239 e. The van der Waals surface area contributed by atoms with Crippen LogP contribution < -0.4 is 5.32 Å². The Morgan fingerprint density at radius 2 is 1.97 bits per heavy atom. The summed E-state index contributed by atoms with van der Waals surface area (Å²) in [6, 6.07) is 10.0. The first-order chi connectivity index (χ1) is 13.9. The molecule has 2 atom stereocenters. The van der Waals surface area contributed by atoms with Crippen molar-refractivity contribution in [3.05, 3.63) is 45.8 Å². The maximum absolute atomic E-state index is 12.7. The molecule has 0 unspecified atom stereocenters. The zero-order valence-electron chi connectivity index (χ0n) is 17.2. The lowest BCUT2D eigenvalue weighted by molar-refractivity contribution is -0.117. The number of amides is 1. The van der Waals surface area contributed by atoms with Crippen LogP contribution in [-0.2, 0) is 28.4 Å². The maximum atomic E-state index is 12.7. The number of hydrogen-bond donors (Lipinski definition) is 1. The first kappa shape index (κ1) is 21.7. The fourth-order valence-electron chi connectivity index (χ4n) is 3.67. The number of nitrogens with one attached hydrogen (secondary N) is 1. The molecule has 1 aliphatic rings. The van der Waals surface area contributed by atoms with Crippen molar-refractivity contribution in [3.63, 3.8) is 0 Å². The Morgan fingerprint density at radius 3 is 2.62 bits per heavy atom. The van der Waals surface area contributed by atoms with Crippen LogP contribution in [0.2, 0.25) is 0 Å². The second kappa shape index (κ2) is 9.66. The average Bonchev–Trinajstić information content (AvgIpc) is 2.86. The number of aryl methyl sites for hydroxylation is 1. The summed E-state index contributed by atoms with van der Waals surface area (Å²) in [6.07, 6.45) is 7.05. The van der Waals surface area contributed by atoms with Crippen LogP contribution >= 0.6 is 11.3 Å². The molecule has 29 heavy (non-hydrogen) atoms. The van der Waals surface area contributed by atoms with Crippen molar-refractivity contribution in [1.82, 2.24) is 4.90 Å². The summed E-state index contributed by atoms with van der Waals surface area (Å²) in [5, 5.41) is 13.3. The Kier molecular flexibility index (Phi) is 7.23. The number of benzene rings is 1. The molecular formula is C22H27N3O2S2. The average molecular weight is 430 g/mol. The molecule has 5 nitrogen and oxygen atoms in total. The molecule has 0 fully saturated rings. The van der Waals surface area contributed by atoms with E-state index in [2.05, 4.69) is 11.4 Å². The summed E-state index contributed by atoms with van der Waals surface area (Å²) in [6.45, 7) is 2.27. The van der Waals surface area contributed by atoms with E-state index in [0.717, 1.165) is 41.7 Å². The number of anilines is 1. The zero-order valence-corrected chi connectivity index (χ0v) is 18.8. The molecule has 7 heteroatoms. The number of rotatable bonds is 6. The Bertz CT molecular complexity index is 944. The minimum absolute atomic E-state index is 0.0376. The molecule has 1 N–H and O–H groups in total. The number of fused-ring (bicyclic) bond motifs is 1. The number of nitriles is 1. The van der Waals surface area contributed by atoms with Crippen molar-refractivity contribution in [2.45, 2.75) is 50.0 Å². The van der Waals surface area contributed by atoms with E-state index in [1.54, 1.807) is 17.6 Å². The predicted molar refractivity (Wildman–Crippen MR) is 119 cm³/mol. The van der Waals surface area contributed by atoms with Gasteiger partial charge in [-0.2, -0.15) is 5.26 Å². The predicted octanol–water partition coefficient (Wildman–Crippen LogP) is 4.26. The molecule has 0 saturated carbocycles. The van der Waals surface area contributed by atoms with Gasteiger partial charge in [0.25, 0.3) is 0 Å². The van der Waals surface area contributed by atoms with Crippen molar-refractivity contribution < 1.29 is 9.00 Å². The number of likely N-dealkylation sites (N-methyl/N-ethyl adjacent to an activating group) is 1. The van der Waals surface area contributed by atoms with Gasteiger partial charge in [-0.1, -0.05) is 18.6 Å². The Morgan fingerprint density at radius 1 is 1.28 bits per heavy atom. The lowest BCUT2D eigenvalue weighted by atomic mass is 10.1. The van der Waals surface area contributed by atoms with Gasteiger partial charge in [0.2, 0.25) is 5.91 Å². The molecule has 0 bridgehead atoms. The Hall–Kier alpha value is -2.01. The minimum Gasteiger partial charge on any atom is -0.315 e. The second-order valence-corrected chi connectivity index (χ2v) is 10.0. The highest BCUT2D eigenvalue weighted by molar-refractivity contribution is 7.84. The number of thiophene rings is 1. The Labute approximate surface area is 179 Å². The molecule has 1 aromatic heterocycles. The third-order valence-electron chi connectivity index (χ3n) is 5.53. The summed E-state index contributed by atoms with van der Waals surface area (Å²) in [5.74, 6) is -0.112. The molecule has 1 aromatic carbocycles. The van der Waals surface area contributed by atoms with Crippen LogP contribution in [0.1, 0.15) is 53.8 Å². The van der Waals surface area contributed by atoms with Gasteiger partial charge in [-0.25, -0.2) is 0 Å². The fourth-order valence-corrected chi connectivity index (χ4v) is 5.45. The van der Waals surface area contributed by atoms with Gasteiger partial charge in [0.1, 0.15) is 11.1 Å². The molecule has 3 rings (SSSR count). The fraction of sp³-hybridized carbons (Fsp3) is 0.455. The minimum atomic E-state index is -0.998. The van der Waals surface area contributed by atoms with E-state index in [1.165, 1.54) is 11.3 Å². The van der Waals surface area contributed by atoms with E-state index in [0.29, 0.717) is 10.6 Å². The van der Waals surface area contributed by atoms with Crippen LogP contribution in [0.15, 0.2) is 29.2 Å². The van der Waals surface area contributed by atoms with Gasteiger partial charge in [-0.3, -0.25) is 13.9 Å². The molecule has 0 saturated heterocycles. The quantitative estimate of drug-likeness (QED) is 0.697. The van der Waals surface area contributed by atoms with Gasteiger partial charge >= 0.3 is 0 Å². The summed E-state index contributed by atoms with van der Waals surface area (Å²) < 4.78 is 11.5. The van der Waals surface area contributed by atoms with Crippen molar-refractivity contribution in [2.24, 2.45) is 0 Å². The van der Waals surface area contributed by atoms with Gasteiger partial charge in [-0.15, -0.1) is 11.3 Å². The highest BCUT2D eigenvalue weighted by atomic mass is 32.2. The molecule has 0 spiro atoms. The van der Waals surface area contributed by atoms with E-state index in [4.69, 9.17) is 0 Å². The van der Waals surface area contributed by atoms with Crippen LogP contribution in [0.4, 0.5) is 5.00 Å². The molecule has 0 aliphatic heterocycles. The first-order valence-electron chi connectivity index (χ1n) is 9.88. The smallest absolute Gasteiger partial charge is 0.239 e. The van der Waals surface area contributed by atoms with Gasteiger partial charge in [-0.05, 0) is 62.9 Å². The number of carbonyl (C=O) groups is 1. The molecule has 1 amide bonds. The highest BCUT2D eigenvalue weighted by Gasteiger charge is 2.22. The van der Waals surface area contributed by atoms with E-state index >= 15 is 0 Å². The molecule has 154 valence electrons. The van der Waals surface area contributed by atoms with Crippen LogP contribution in [-0.4, -0.2) is 34.9 Å². The largest absolute Gasteiger partial charge is 0.315 e. The lowest BCUT2D eigenvalue weighted by Gasteiger charge is -2.24. The molecular weight excluding hydrogens is 402 g/mol. The van der Waals surface area contributed by atoms with Crippen molar-refractivity contribution in [3.8, 4) is 6.07 Å². The second-order valence-electron chi connectivity index (χ2n) is 7.54. The normalized spacial score (nSPS) is 15.8. The number of carbonyl (C=O) groups excluding carboxylic acids is 1. The molecule has 1 aliphatic carbocycles. The summed E-state index contributed by atoms with van der Waals surface area (Å²) >= 11 is 1.56. The number of hydrogen-bond acceptors (Lipinski definition) is 5. The van der Waals surface area contributed by atoms with E-state index in [9.17, 15) is 14.3 Å². The van der Waals surface area contributed by atoms with Gasteiger partial charge in [0, 0.05) is 32.9 Å². The summed E-state index contributed by atoms with van der Waals surface area (Å²) in [7, 11) is 0.910. The van der Waals surface area contributed by atoms with Crippen molar-refractivity contribution >= 4 is 33.0 Å².